The number of rotatable bonds is 5. The van der Waals surface area contributed by atoms with Crippen LogP contribution in [0.25, 0.3) is 0 Å². The van der Waals surface area contributed by atoms with Crippen molar-refractivity contribution in [3.8, 4) is 0 Å². The smallest absolute Gasteiger partial charge is 0.321 e. The lowest BCUT2D eigenvalue weighted by molar-refractivity contribution is -0.384. The number of likely N-dealkylation sites (tertiary alicyclic amines) is 1. The van der Waals surface area contributed by atoms with Gasteiger partial charge in [0.2, 0.25) is 5.91 Å². The molecule has 1 unspecified atom stereocenters. The lowest BCUT2D eigenvalue weighted by atomic mass is 9.97. The number of anilines is 1. The molecule has 28 heavy (non-hydrogen) atoms. The van der Waals surface area contributed by atoms with Crippen LogP contribution in [0.3, 0.4) is 0 Å². The third-order valence-corrected chi connectivity index (χ3v) is 4.72. The molecule has 1 atom stereocenters. The largest absolute Gasteiger partial charge is 0.352 e. The number of para-hydroxylation sites is 1. The maximum absolute atomic E-state index is 12.5. The third kappa shape index (κ3) is 5.06. The molecule has 0 aromatic heterocycles. The summed E-state index contributed by atoms with van der Waals surface area (Å²) < 4.78 is 0. The molecule has 3 amide bonds. The first-order valence-corrected chi connectivity index (χ1v) is 9.15. The summed E-state index contributed by atoms with van der Waals surface area (Å²) in [6, 6.07) is 15.1. The fourth-order valence-electron chi connectivity index (χ4n) is 3.17. The molecule has 2 aromatic carbocycles. The number of urea groups is 1. The van der Waals surface area contributed by atoms with Crippen molar-refractivity contribution in [2.45, 2.75) is 19.4 Å². The molecule has 8 heteroatoms. The minimum atomic E-state index is -0.459. The zero-order valence-electron chi connectivity index (χ0n) is 15.3. The topological polar surface area (TPSA) is 105 Å². The van der Waals surface area contributed by atoms with Crippen molar-refractivity contribution in [3.05, 3.63) is 70.3 Å². The molecule has 2 N–H and O–H groups in total. The summed E-state index contributed by atoms with van der Waals surface area (Å²) in [4.78, 5) is 36.8. The zero-order chi connectivity index (χ0) is 19.9. The molecule has 0 spiro atoms. The first-order valence-electron chi connectivity index (χ1n) is 9.15. The van der Waals surface area contributed by atoms with Crippen LogP contribution in [0.5, 0.6) is 0 Å². The molecule has 0 radical (unpaired) electrons. The van der Waals surface area contributed by atoms with Gasteiger partial charge in [0.1, 0.15) is 0 Å². The normalized spacial score (nSPS) is 16.3. The van der Waals surface area contributed by atoms with Crippen molar-refractivity contribution < 1.29 is 14.5 Å². The number of nitrogens with one attached hydrogen (secondary N) is 2. The number of piperidine rings is 1. The van der Waals surface area contributed by atoms with Gasteiger partial charge < -0.3 is 15.5 Å². The maximum atomic E-state index is 12.5. The summed E-state index contributed by atoms with van der Waals surface area (Å²) in [7, 11) is 0. The van der Waals surface area contributed by atoms with E-state index in [1.54, 1.807) is 17.0 Å². The predicted octanol–water partition coefficient (Wildman–Crippen LogP) is 3.16. The summed E-state index contributed by atoms with van der Waals surface area (Å²) in [6.07, 6.45) is 1.49. The van der Waals surface area contributed by atoms with Gasteiger partial charge in [-0.3, -0.25) is 14.9 Å². The number of non-ortho nitro benzene ring substituents is 1. The molecular formula is C20H22N4O4. The van der Waals surface area contributed by atoms with Gasteiger partial charge in [-0.1, -0.05) is 30.3 Å². The Morgan fingerprint density at radius 2 is 1.82 bits per heavy atom. The van der Waals surface area contributed by atoms with Crippen molar-refractivity contribution in [2.24, 2.45) is 5.92 Å². The van der Waals surface area contributed by atoms with Gasteiger partial charge in [-0.25, -0.2) is 4.79 Å². The fraction of sp³-hybridized carbons (Fsp3) is 0.300. The van der Waals surface area contributed by atoms with Crippen LogP contribution in [0, 0.1) is 16.0 Å². The van der Waals surface area contributed by atoms with E-state index in [0.29, 0.717) is 19.6 Å². The fourth-order valence-corrected chi connectivity index (χ4v) is 3.17. The molecule has 1 fully saturated rings. The lowest BCUT2D eigenvalue weighted by Crippen LogP contribution is -2.46. The Kier molecular flexibility index (Phi) is 6.21. The average molecular weight is 382 g/mol. The van der Waals surface area contributed by atoms with Crippen LogP contribution in [0.4, 0.5) is 16.2 Å². The maximum Gasteiger partial charge on any atom is 0.321 e. The van der Waals surface area contributed by atoms with Crippen LogP contribution in [-0.4, -0.2) is 34.9 Å². The first kappa shape index (κ1) is 19.3. The predicted molar refractivity (Wildman–Crippen MR) is 105 cm³/mol. The van der Waals surface area contributed by atoms with Gasteiger partial charge in [0.25, 0.3) is 5.69 Å². The van der Waals surface area contributed by atoms with Gasteiger partial charge in [-0.05, 0) is 30.5 Å². The van der Waals surface area contributed by atoms with Gasteiger partial charge in [-0.2, -0.15) is 0 Å². The van der Waals surface area contributed by atoms with Crippen molar-refractivity contribution >= 4 is 23.3 Å². The van der Waals surface area contributed by atoms with Crippen molar-refractivity contribution in [1.29, 1.82) is 0 Å². The van der Waals surface area contributed by atoms with Gasteiger partial charge in [-0.15, -0.1) is 0 Å². The standard InChI is InChI=1S/C20H22N4O4/c25-19(21-13-15-8-10-18(11-9-15)24(27)28)16-5-4-12-23(14-16)20(26)22-17-6-2-1-3-7-17/h1-3,6-11,16H,4-5,12-14H2,(H,21,25)(H,22,26). The Labute approximate surface area is 162 Å². The molecule has 3 rings (SSSR count). The Bertz CT molecular complexity index is 839. The monoisotopic (exact) mass is 382 g/mol. The van der Waals surface area contributed by atoms with Gasteiger partial charge in [0, 0.05) is 37.5 Å². The lowest BCUT2D eigenvalue weighted by Gasteiger charge is -2.32. The van der Waals surface area contributed by atoms with E-state index in [4.69, 9.17) is 0 Å². The molecule has 1 saturated heterocycles. The van der Waals surface area contributed by atoms with Crippen LogP contribution >= 0.6 is 0 Å². The minimum Gasteiger partial charge on any atom is -0.352 e. The Morgan fingerprint density at radius 3 is 2.50 bits per heavy atom. The number of amides is 3. The summed E-state index contributed by atoms with van der Waals surface area (Å²) >= 11 is 0. The number of carbonyl (C=O) groups excluding carboxylic acids is 2. The first-order chi connectivity index (χ1) is 13.5. The quantitative estimate of drug-likeness (QED) is 0.612. The second kappa shape index (κ2) is 8.98. The number of nitrogens with zero attached hydrogens (tertiary/aromatic N) is 2. The highest BCUT2D eigenvalue weighted by molar-refractivity contribution is 5.90. The molecule has 146 valence electrons. The van der Waals surface area contributed by atoms with Gasteiger partial charge in [0.15, 0.2) is 0 Å². The molecule has 2 aromatic rings. The second-order valence-corrected chi connectivity index (χ2v) is 6.72. The van der Waals surface area contributed by atoms with E-state index < -0.39 is 4.92 Å². The van der Waals surface area contributed by atoms with Crippen LogP contribution in [-0.2, 0) is 11.3 Å². The number of hydrogen-bond acceptors (Lipinski definition) is 4. The average Bonchev–Trinajstić information content (AvgIpc) is 2.73. The molecule has 0 saturated carbocycles. The highest BCUT2D eigenvalue weighted by atomic mass is 16.6. The Morgan fingerprint density at radius 1 is 1.11 bits per heavy atom. The van der Waals surface area contributed by atoms with Crippen molar-refractivity contribution in [3.63, 3.8) is 0 Å². The van der Waals surface area contributed by atoms with E-state index in [1.807, 2.05) is 30.3 Å². The van der Waals surface area contributed by atoms with E-state index in [1.165, 1.54) is 12.1 Å². The summed E-state index contributed by atoms with van der Waals surface area (Å²) in [5, 5.41) is 16.4. The second-order valence-electron chi connectivity index (χ2n) is 6.72. The van der Waals surface area contributed by atoms with E-state index in [0.717, 1.165) is 24.1 Å². The number of carbonyl (C=O) groups is 2. The van der Waals surface area contributed by atoms with Crippen molar-refractivity contribution in [2.75, 3.05) is 18.4 Å². The molecule has 1 aliphatic heterocycles. The van der Waals surface area contributed by atoms with E-state index in [2.05, 4.69) is 10.6 Å². The van der Waals surface area contributed by atoms with Gasteiger partial charge >= 0.3 is 6.03 Å². The summed E-state index contributed by atoms with van der Waals surface area (Å²) in [5.74, 6) is -0.385. The molecule has 0 bridgehead atoms. The highest BCUT2D eigenvalue weighted by Crippen LogP contribution is 2.18. The number of hydrogen-bond donors (Lipinski definition) is 2. The van der Waals surface area contributed by atoms with Crippen LogP contribution in [0.15, 0.2) is 54.6 Å². The number of benzene rings is 2. The third-order valence-electron chi connectivity index (χ3n) is 4.72. The highest BCUT2D eigenvalue weighted by Gasteiger charge is 2.28. The number of nitro groups is 1. The zero-order valence-corrected chi connectivity index (χ0v) is 15.3. The van der Waals surface area contributed by atoms with Crippen LogP contribution < -0.4 is 10.6 Å². The molecule has 1 aliphatic rings. The molecular weight excluding hydrogens is 360 g/mol. The Balaban J connectivity index is 1.51. The molecule has 1 heterocycles. The Hall–Kier alpha value is -3.42. The van der Waals surface area contributed by atoms with Crippen LogP contribution in [0.1, 0.15) is 18.4 Å². The SMILES string of the molecule is O=C(NCc1ccc([N+](=O)[O-])cc1)C1CCCN(C(=O)Nc2ccccc2)C1. The molecule has 8 nitrogen and oxygen atoms in total. The van der Waals surface area contributed by atoms with Crippen LogP contribution in [0.2, 0.25) is 0 Å². The van der Waals surface area contributed by atoms with E-state index >= 15 is 0 Å². The summed E-state index contributed by atoms with van der Waals surface area (Å²) in [6.45, 7) is 1.28. The van der Waals surface area contributed by atoms with E-state index in [9.17, 15) is 19.7 Å². The summed E-state index contributed by atoms with van der Waals surface area (Å²) in [5.41, 5.74) is 1.52. The van der Waals surface area contributed by atoms with E-state index in [-0.39, 0.29) is 23.5 Å². The molecule has 0 aliphatic carbocycles. The number of nitro benzene ring substituents is 1. The van der Waals surface area contributed by atoms with Gasteiger partial charge in [0.05, 0.1) is 10.8 Å². The van der Waals surface area contributed by atoms with Crippen molar-refractivity contribution in [1.82, 2.24) is 10.2 Å². The minimum absolute atomic E-state index is 0.0161.